The van der Waals surface area contributed by atoms with Crippen LogP contribution in [0.25, 0.3) is 0 Å². The standard InChI is InChI=1S/C23H25FN4O4S/c24-16-5-7-17(8-6-16)26-23-27-20(15-33-23)22(30)28(14-19-4-2-12-32-19)10-9-21(29)25-13-18-3-1-11-31-18/h2,4-8,12,15,18H,1,3,9-11,13-14H2,(H,25,29)(H,26,27)/t18-/m0/s1. The molecule has 0 bridgehead atoms. The van der Waals surface area contributed by atoms with E-state index in [1.54, 1.807) is 40.8 Å². The van der Waals surface area contributed by atoms with Crippen molar-refractivity contribution in [3.8, 4) is 0 Å². The van der Waals surface area contributed by atoms with Crippen molar-refractivity contribution < 1.29 is 23.1 Å². The Labute approximate surface area is 194 Å². The topological polar surface area (TPSA) is 96.7 Å². The Kier molecular flexibility index (Phi) is 7.69. The number of rotatable bonds is 10. The van der Waals surface area contributed by atoms with Gasteiger partial charge in [0.1, 0.15) is 17.3 Å². The molecule has 0 radical (unpaired) electrons. The van der Waals surface area contributed by atoms with Crippen molar-refractivity contribution in [1.82, 2.24) is 15.2 Å². The lowest BCUT2D eigenvalue weighted by atomic mass is 10.2. The molecule has 4 rings (SSSR count). The second-order valence-electron chi connectivity index (χ2n) is 7.66. The number of carbonyl (C=O) groups excluding carboxylic acids is 2. The second kappa shape index (κ2) is 11.1. The van der Waals surface area contributed by atoms with Crippen LogP contribution >= 0.6 is 11.3 Å². The first-order valence-corrected chi connectivity index (χ1v) is 11.6. The van der Waals surface area contributed by atoms with Crippen LogP contribution in [0.2, 0.25) is 0 Å². The van der Waals surface area contributed by atoms with Gasteiger partial charge < -0.3 is 24.7 Å². The molecule has 33 heavy (non-hydrogen) atoms. The van der Waals surface area contributed by atoms with Gasteiger partial charge in [-0.15, -0.1) is 11.3 Å². The van der Waals surface area contributed by atoms with Crippen molar-refractivity contribution >= 4 is 34.0 Å². The fourth-order valence-electron chi connectivity index (χ4n) is 3.45. The molecule has 8 nitrogen and oxygen atoms in total. The molecule has 1 fully saturated rings. The lowest BCUT2D eigenvalue weighted by molar-refractivity contribution is -0.121. The molecular weight excluding hydrogens is 447 g/mol. The van der Waals surface area contributed by atoms with E-state index in [9.17, 15) is 14.0 Å². The van der Waals surface area contributed by atoms with Crippen molar-refractivity contribution in [1.29, 1.82) is 0 Å². The molecular formula is C23H25FN4O4S. The highest BCUT2D eigenvalue weighted by atomic mass is 32.1. The molecule has 3 heterocycles. The van der Waals surface area contributed by atoms with Crippen molar-refractivity contribution in [2.75, 3.05) is 25.0 Å². The zero-order valence-electron chi connectivity index (χ0n) is 18.0. The molecule has 2 N–H and O–H groups in total. The minimum Gasteiger partial charge on any atom is -0.467 e. The van der Waals surface area contributed by atoms with E-state index in [0.29, 0.717) is 23.1 Å². The van der Waals surface area contributed by atoms with Gasteiger partial charge in [-0.2, -0.15) is 0 Å². The van der Waals surface area contributed by atoms with E-state index in [4.69, 9.17) is 9.15 Å². The van der Waals surface area contributed by atoms with E-state index in [-0.39, 0.29) is 48.9 Å². The largest absolute Gasteiger partial charge is 0.467 e. The number of hydrogen-bond acceptors (Lipinski definition) is 7. The third kappa shape index (κ3) is 6.62. The van der Waals surface area contributed by atoms with Gasteiger partial charge in [0.15, 0.2) is 5.13 Å². The van der Waals surface area contributed by atoms with Crippen molar-refractivity contribution in [2.24, 2.45) is 0 Å². The number of hydrogen-bond donors (Lipinski definition) is 2. The number of benzene rings is 1. The van der Waals surface area contributed by atoms with E-state index in [2.05, 4.69) is 15.6 Å². The molecule has 1 aliphatic rings. The van der Waals surface area contributed by atoms with Crippen LogP contribution < -0.4 is 10.6 Å². The molecule has 174 valence electrons. The number of carbonyl (C=O) groups is 2. The van der Waals surface area contributed by atoms with Crippen LogP contribution in [0.5, 0.6) is 0 Å². The summed E-state index contributed by atoms with van der Waals surface area (Å²) in [5.41, 5.74) is 0.927. The number of thiazole rings is 1. The van der Waals surface area contributed by atoms with Crippen molar-refractivity contribution in [3.63, 3.8) is 0 Å². The smallest absolute Gasteiger partial charge is 0.273 e. The van der Waals surface area contributed by atoms with Gasteiger partial charge in [-0.25, -0.2) is 9.37 Å². The Morgan fingerprint density at radius 3 is 2.82 bits per heavy atom. The number of furan rings is 1. The van der Waals surface area contributed by atoms with Crippen molar-refractivity contribution in [3.05, 3.63) is 65.3 Å². The Hall–Kier alpha value is -3.24. The van der Waals surface area contributed by atoms with Crippen LogP contribution in [-0.4, -0.2) is 47.5 Å². The van der Waals surface area contributed by atoms with E-state index in [0.717, 1.165) is 19.4 Å². The summed E-state index contributed by atoms with van der Waals surface area (Å²) < 4.78 is 24.0. The van der Waals surface area contributed by atoms with Crippen LogP contribution in [0.4, 0.5) is 15.2 Å². The number of anilines is 2. The lowest BCUT2D eigenvalue weighted by Gasteiger charge is -2.21. The van der Waals surface area contributed by atoms with Gasteiger partial charge >= 0.3 is 0 Å². The molecule has 0 saturated carbocycles. The summed E-state index contributed by atoms with van der Waals surface area (Å²) in [6, 6.07) is 9.40. The highest BCUT2D eigenvalue weighted by Crippen LogP contribution is 2.22. The van der Waals surface area contributed by atoms with Gasteiger partial charge in [0, 0.05) is 37.2 Å². The quantitative estimate of drug-likeness (QED) is 0.464. The first-order valence-electron chi connectivity index (χ1n) is 10.7. The minimum atomic E-state index is -0.330. The molecule has 0 aliphatic carbocycles. The van der Waals surface area contributed by atoms with Gasteiger partial charge in [-0.3, -0.25) is 9.59 Å². The predicted molar refractivity (Wildman–Crippen MR) is 122 cm³/mol. The Balaban J connectivity index is 1.37. The molecule has 2 amide bonds. The Bertz CT molecular complexity index is 1050. The van der Waals surface area contributed by atoms with Crippen LogP contribution in [0.15, 0.2) is 52.5 Å². The molecule has 1 aliphatic heterocycles. The number of aromatic nitrogens is 1. The zero-order chi connectivity index (χ0) is 23.0. The average Bonchev–Trinajstić information content (AvgIpc) is 3.59. The van der Waals surface area contributed by atoms with Crippen LogP contribution in [-0.2, 0) is 16.1 Å². The van der Waals surface area contributed by atoms with Gasteiger partial charge in [0.2, 0.25) is 5.91 Å². The van der Waals surface area contributed by atoms with Gasteiger partial charge in [0.05, 0.1) is 18.9 Å². The number of ether oxygens (including phenoxy) is 1. The SMILES string of the molecule is O=C(CCN(Cc1ccco1)C(=O)c1csc(Nc2ccc(F)cc2)n1)NC[C@@H]1CCCO1. The van der Waals surface area contributed by atoms with Gasteiger partial charge in [0.25, 0.3) is 5.91 Å². The molecule has 1 atom stereocenters. The molecule has 0 spiro atoms. The van der Waals surface area contributed by atoms with E-state index in [1.165, 1.54) is 23.5 Å². The van der Waals surface area contributed by atoms with E-state index in [1.807, 2.05) is 0 Å². The summed E-state index contributed by atoms with van der Waals surface area (Å²) in [6.07, 6.45) is 3.72. The summed E-state index contributed by atoms with van der Waals surface area (Å²) in [6.45, 7) is 1.66. The second-order valence-corrected chi connectivity index (χ2v) is 8.52. The highest BCUT2D eigenvalue weighted by molar-refractivity contribution is 7.14. The molecule has 0 unspecified atom stereocenters. The lowest BCUT2D eigenvalue weighted by Crippen LogP contribution is -2.37. The third-order valence-electron chi connectivity index (χ3n) is 5.19. The number of amides is 2. The number of halogens is 1. The minimum absolute atomic E-state index is 0.0665. The maximum Gasteiger partial charge on any atom is 0.273 e. The van der Waals surface area contributed by atoms with Gasteiger partial charge in [-0.05, 0) is 49.2 Å². The molecule has 10 heteroatoms. The normalized spacial score (nSPS) is 15.4. The number of nitrogens with zero attached hydrogens (tertiary/aromatic N) is 2. The Morgan fingerprint density at radius 1 is 1.24 bits per heavy atom. The van der Waals surface area contributed by atoms with Crippen LogP contribution in [0, 0.1) is 5.82 Å². The summed E-state index contributed by atoms with van der Waals surface area (Å²) in [4.78, 5) is 31.4. The molecule has 1 saturated heterocycles. The van der Waals surface area contributed by atoms with Crippen LogP contribution in [0.3, 0.4) is 0 Å². The molecule has 3 aromatic rings. The van der Waals surface area contributed by atoms with Gasteiger partial charge in [-0.1, -0.05) is 0 Å². The van der Waals surface area contributed by atoms with Crippen LogP contribution in [0.1, 0.15) is 35.5 Å². The van der Waals surface area contributed by atoms with E-state index >= 15 is 0 Å². The third-order valence-corrected chi connectivity index (χ3v) is 5.95. The fourth-order valence-corrected chi connectivity index (χ4v) is 4.15. The maximum absolute atomic E-state index is 13.2. The average molecular weight is 473 g/mol. The zero-order valence-corrected chi connectivity index (χ0v) is 18.8. The summed E-state index contributed by atoms with van der Waals surface area (Å²) in [7, 11) is 0. The summed E-state index contributed by atoms with van der Waals surface area (Å²) in [5, 5.41) is 8.10. The van der Waals surface area contributed by atoms with E-state index < -0.39 is 0 Å². The first kappa shape index (κ1) is 22.9. The monoisotopic (exact) mass is 472 g/mol. The molecule has 1 aromatic carbocycles. The van der Waals surface area contributed by atoms with Crippen molar-refractivity contribution in [2.45, 2.75) is 31.9 Å². The predicted octanol–water partition coefficient (Wildman–Crippen LogP) is 3.95. The Morgan fingerprint density at radius 2 is 2.09 bits per heavy atom. The summed E-state index contributed by atoms with van der Waals surface area (Å²) in [5.74, 6) is -0.159. The number of nitrogens with one attached hydrogen (secondary N) is 2. The molecule has 2 aromatic heterocycles. The first-order chi connectivity index (χ1) is 16.1. The summed E-state index contributed by atoms with van der Waals surface area (Å²) >= 11 is 1.27. The highest BCUT2D eigenvalue weighted by Gasteiger charge is 2.22. The maximum atomic E-state index is 13.2. The fraction of sp³-hybridized carbons (Fsp3) is 0.348.